The van der Waals surface area contributed by atoms with Crippen LogP contribution in [0.4, 0.5) is 10.2 Å². The summed E-state index contributed by atoms with van der Waals surface area (Å²) in [5.41, 5.74) is -0.610. The maximum atomic E-state index is 14.3. The van der Waals surface area contributed by atoms with Crippen LogP contribution >= 0.6 is 11.6 Å². The van der Waals surface area contributed by atoms with Gasteiger partial charge >= 0.3 is 5.97 Å². The molecule has 10 heteroatoms. The molecule has 4 N–H and O–H groups in total. The molecule has 4 rings (SSSR count). The normalized spacial score (nSPS) is 22.3. The Labute approximate surface area is 163 Å². The number of aliphatic hydroxyl groups is 1. The quantitative estimate of drug-likeness (QED) is 0.526. The number of nitrogens with zero attached hydrogens (tertiary/aromatic N) is 3. The maximum Gasteiger partial charge on any atom is 0.335 e. The molecule has 0 aromatic carbocycles. The Bertz CT molecular complexity index is 1060. The van der Waals surface area contributed by atoms with Crippen LogP contribution < -0.4 is 5.32 Å². The first-order valence-electron chi connectivity index (χ1n) is 8.73. The van der Waals surface area contributed by atoms with Crippen molar-refractivity contribution in [3.63, 3.8) is 0 Å². The van der Waals surface area contributed by atoms with E-state index in [-0.39, 0.29) is 24.5 Å². The van der Waals surface area contributed by atoms with Crippen molar-refractivity contribution in [3.05, 3.63) is 35.5 Å². The van der Waals surface area contributed by atoms with E-state index in [4.69, 9.17) is 11.6 Å². The van der Waals surface area contributed by atoms with Gasteiger partial charge in [-0.05, 0) is 25.3 Å². The molecule has 146 valence electrons. The Hall–Kier alpha value is -2.78. The largest absolute Gasteiger partial charge is 0.479 e. The molecule has 0 aliphatic heterocycles. The fraction of sp³-hybridized carbons (Fsp3) is 0.333. The van der Waals surface area contributed by atoms with Crippen LogP contribution in [-0.4, -0.2) is 47.8 Å². The minimum atomic E-state index is -1.82. The number of aromatic amines is 1. The van der Waals surface area contributed by atoms with Crippen molar-refractivity contribution in [3.8, 4) is 11.4 Å². The Morgan fingerprint density at radius 3 is 3.00 bits per heavy atom. The number of carbonyl (C=O) groups is 1. The summed E-state index contributed by atoms with van der Waals surface area (Å²) in [6, 6.07) is 1.29. The van der Waals surface area contributed by atoms with E-state index in [2.05, 4.69) is 25.3 Å². The average molecular weight is 406 g/mol. The van der Waals surface area contributed by atoms with Crippen LogP contribution in [0.25, 0.3) is 22.4 Å². The second-order valence-electron chi connectivity index (χ2n) is 6.92. The van der Waals surface area contributed by atoms with Crippen LogP contribution in [0, 0.1) is 5.82 Å². The standard InChI is InChI=1S/C18H17ClFN5O3/c19-9-4-11-12(7-22-14(11)21-6-9)15-23-8-13(20)16(25-15)24-10-2-1-3-18(28,5-10)17(26)27/h4,6-8,10,28H,1-3,5H2,(H,21,22)(H,26,27)(H,23,24,25)/t10-,18+/m0/s1. The molecule has 1 fully saturated rings. The predicted molar refractivity (Wildman–Crippen MR) is 101 cm³/mol. The summed E-state index contributed by atoms with van der Waals surface area (Å²) < 4.78 is 14.3. The van der Waals surface area contributed by atoms with E-state index in [9.17, 15) is 19.4 Å². The van der Waals surface area contributed by atoms with Gasteiger partial charge in [-0.25, -0.2) is 24.1 Å². The molecule has 0 radical (unpaired) electrons. The third-order valence-corrected chi connectivity index (χ3v) is 5.16. The summed E-state index contributed by atoms with van der Waals surface area (Å²) in [5.74, 6) is -1.72. The average Bonchev–Trinajstić information content (AvgIpc) is 3.06. The third kappa shape index (κ3) is 3.38. The fourth-order valence-electron chi connectivity index (χ4n) is 3.52. The maximum absolute atomic E-state index is 14.3. The number of hydrogen-bond acceptors (Lipinski definition) is 6. The van der Waals surface area contributed by atoms with E-state index in [0.29, 0.717) is 34.5 Å². The number of halogens is 2. The number of carboxylic acids is 1. The number of carboxylic acid groups (broad SMARTS) is 1. The van der Waals surface area contributed by atoms with Gasteiger partial charge in [0.15, 0.2) is 23.1 Å². The summed E-state index contributed by atoms with van der Waals surface area (Å²) in [7, 11) is 0. The Morgan fingerprint density at radius 1 is 1.39 bits per heavy atom. The molecule has 0 unspecified atom stereocenters. The molecular weight excluding hydrogens is 389 g/mol. The Morgan fingerprint density at radius 2 is 2.21 bits per heavy atom. The number of H-pyrrole nitrogens is 1. The lowest BCUT2D eigenvalue weighted by Gasteiger charge is -2.34. The number of hydrogen-bond donors (Lipinski definition) is 4. The molecule has 8 nitrogen and oxygen atoms in total. The zero-order chi connectivity index (χ0) is 19.9. The highest BCUT2D eigenvalue weighted by Crippen LogP contribution is 2.32. The van der Waals surface area contributed by atoms with Crippen LogP contribution in [0.3, 0.4) is 0 Å². The number of pyridine rings is 1. The van der Waals surface area contributed by atoms with E-state index in [1.54, 1.807) is 12.3 Å². The number of anilines is 1. The van der Waals surface area contributed by atoms with Gasteiger partial charge in [0.25, 0.3) is 0 Å². The lowest BCUT2D eigenvalue weighted by Crippen LogP contribution is -2.46. The van der Waals surface area contributed by atoms with Gasteiger partial charge in [0.1, 0.15) is 5.65 Å². The molecule has 0 spiro atoms. The second kappa shape index (κ2) is 6.99. The van der Waals surface area contributed by atoms with Gasteiger partial charge in [0.05, 0.1) is 11.2 Å². The topological polar surface area (TPSA) is 124 Å². The van der Waals surface area contributed by atoms with Gasteiger partial charge in [-0.15, -0.1) is 0 Å². The van der Waals surface area contributed by atoms with Gasteiger partial charge < -0.3 is 20.5 Å². The van der Waals surface area contributed by atoms with Crippen molar-refractivity contribution < 1.29 is 19.4 Å². The molecule has 0 bridgehead atoms. The minimum absolute atomic E-state index is 0.0340. The summed E-state index contributed by atoms with van der Waals surface area (Å²) in [5, 5.41) is 23.5. The molecule has 3 aromatic rings. The van der Waals surface area contributed by atoms with Crippen LogP contribution in [-0.2, 0) is 4.79 Å². The number of nitrogens with one attached hydrogen (secondary N) is 2. The molecule has 0 amide bonds. The third-order valence-electron chi connectivity index (χ3n) is 4.95. The lowest BCUT2D eigenvalue weighted by molar-refractivity contribution is -0.162. The van der Waals surface area contributed by atoms with Gasteiger partial charge in [0, 0.05) is 35.8 Å². The molecule has 28 heavy (non-hydrogen) atoms. The van der Waals surface area contributed by atoms with Gasteiger partial charge in [0.2, 0.25) is 0 Å². The Kier molecular flexibility index (Phi) is 4.64. The van der Waals surface area contributed by atoms with E-state index in [0.717, 1.165) is 6.20 Å². The number of aliphatic carboxylic acids is 1. The summed E-state index contributed by atoms with van der Waals surface area (Å²) in [6.07, 6.45) is 5.46. The molecular formula is C18H17ClFN5O3. The fourth-order valence-corrected chi connectivity index (χ4v) is 3.68. The van der Waals surface area contributed by atoms with Crippen molar-refractivity contribution in [2.24, 2.45) is 0 Å². The Balaban J connectivity index is 1.64. The number of fused-ring (bicyclic) bond motifs is 1. The van der Waals surface area contributed by atoms with Crippen molar-refractivity contribution in [1.29, 1.82) is 0 Å². The molecule has 1 aliphatic rings. The molecule has 1 saturated carbocycles. The molecule has 3 aromatic heterocycles. The van der Waals surface area contributed by atoms with Crippen molar-refractivity contribution >= 4 is 34.4 Å². The second-order valence-corrected chi connectivity index (χ2v) is 7.35. The first kappa shape index (κ1) is 18.6. The van der Waals surface area contributed by atoms with E-state index in [1.807, 2.05) is 0 Å². The first-order chi connectivity index (χ1) is 13.4. The summed E-state index contributed by atoms with van der Waals surface area (Å²) in [6.45, 7) is 0. The number of aromatic nitrogens is 4. The van der Waals surface area contributed by atoms with Gasteiger partial charge in [-0.2, -0.15) is 0 Å². The van der Waals surface area contributed by atoms with Crippen molar-refractivity contribution in [2.45, 2.75) is 37.3 Å². The summed E-state index contributed by atoms with van der Waals surface area (Å²) >= 11 is 6.01. The zero-order valence-electron chi connectivity index (χ0n) is 14.6. The smallest absolute Gasteiger partial charge is 0.335 e. The number of rotatable bonds is 4. The van der Waals surface area contributed by atoms with Crippen LogP contribution in [0.15, 0.2) is 24.7 Å². The molecule has 3 heterocycles. The van der Waals surface area contributed by atoms with Gasteiger partial charge in [-0.1, -0.05) is 11.6 Å². The first-order valence-corrected chi connectivity index (χ1v) is 9.11. The SMILES string of the molecule is O=C(O)[C@@]1(O)CCC[C@H](Nc2nc(-c3c[nH]c4ncc(Cl)cc34)ncc2F)C1. The minimum Gasteiger partial charge on any atom is -0.479 e. The molecule has 0 saturated heterocycles. The van der Waals surface area contributed by atoms with E-state index in [1.165, 1.54) is 6.20 Å². The van der Waals surface area contributed by atoms with Crippen LogP contribution in [0.2, 0.25) is 5.02 Å². The van der Waals surface area contributed by atoms with Crippen molar-refractivity contribution in [2.75, 3.05) is 5.32 Å². The van der Waals surface area contributed by atoms with Crippen LogP contribution in [0.5, 0.6) is 0 Å². The monoisotopic (exact) mass is 405 g/mol. The predicted octanol–water partition coefficient (Wildman–Crippen LogP) is 2.98. The van der Waals surface area contributed by atoms with Gasteiger partial charge in [-0.3, -0.25) is 0 Å². The van der Waals surface area contributed by atoms with E-state index < -0.39 is 23.4 Å². The molecule has 1 aliphatic carbocycles. The van der Waals surface area contributed by atoms with E-state index >= 15 is 0 Å². The lowest BCUT2D eigenvalue weighted by atomic mass is 9.82. The highest BCUT2D eigenvalue weighted by atomic mass is 35.5. The summed E-state index contributed by atoms with van der Waals surface area (Å²) in [4.78, 5) is 26.8. The zero-order valence-corrected chi connectivity index (χ0v) is 15.4. The van der Waals surface area contributed by atoms with Crippen molar-refractivity contribution in [1.82, 2.24) is 19.9 Å². The molecule has 2 atom stereocenters. The highest BCUT2D eigenvalue weighted by Gasteiger charge is 2.41. The van der Waals surface area contributed by atoms with Crippen LogP contribution in [0.1, 0.15) is 25.7 Å². The highest BCUT2D eigenvalue weighted by molar-refractivity contribution is 6.31.